The summed E-state index contributed by atoms with van der Waals surface area (Å²) in [6, 6.07) is 47.5. The topological polar surface area (TPSA) is 52.9 Å². The highest BCUT2D eigenvalue weighted by Gasteiger charge is 2.21. The second-order valence-corrected chi connectivity index (χ2v) is 12.1. The largest absolute Gasteiger partial charge is 0.309 e. The van der Waals surface area contributed by atoms with E-state index >= 15 is 0 Å². The summed E-state index contributed by atoms with van der Waals surface area (Å²) >= 11 is 0. The third-order valence-corrected chi connectivity index (χ3v) is 9.67. The van der Waals surface area contributed by atoms with Crippen LogP contribution in [0.5, 0.6) is 0 Å². The van der Waals surface area contributed by atoms with E-state index < -0.39 is 0 Å². The number of benzene rings is 5. The van der Waals surface area contributed by atoms with Crippen LogP contribution in [0, 0.1) is 0 Å². The molecule has 11 aromatic rings. The van der Waals surface area contributed by atoms with Gasteiger partial charge in [-0.1, -0.05) is 54.6 Å². The van der Waals surface area contributed by atoms with Gasteiger partial charge in [0, 0.05) is 56.1 Å². The summed E-state index contributed by atoms with van der Waals surface area (Å²) in [5, 5.41) is 6.96. The number of fused-ring (bicyclic) bond motifs is 14. The minimum absolute atomic E-state index is 0.838. The van der Waals surface area contributed by atoms with Gasteiger partial charge in [0.1, 0.15) is 11.2 Å². The maximum atomic E-state index is 5.14. The lowest BCUT2D eigenvalue weighted by Gasteiger charge is -2.11. The van der Waals surface area contributed by atoms with Crippen molar-refractivity contribution in [1.29, 1.82) is 0 Å². The quantitative estimate of drug-likeness (QED) is 0.186. The molecule has 6 aromatic heterocycles. The van der Waals surface area contributed by atoms with E-state index in [2.05, 4.69) is 129 Å². The zero-order valence-corrected chi connectivity index (χ0v) is 25.0. The minimum Gasteiger partial charge on any atom is -0.309 e. The highest BCUT2D eigenvalue weighted by molar-refractivity contribution is 6.23. The molecule has 0 radical (unpaired) electrons. The van der Waals surface area contributed by atoms with Gasteiger partial charge in [-0.3, -0.25) is 9.38 Å². The Hall–Kier alpha value is -6.53. The molecule has 47 heavy (non-hydrogen) atoms. The lowest BCUT2D eigenvalue weighted by atomic mass is 10.0. The van der Waals surface area contributed by atoms with Crippen molar-refractivity contribution in [2.24, 2.45) is 0 Å². The van der Waals surface area contributed by atoms with Crippen LogP contribution in [0.1, 0.15) is 0 Å². The molecule has 0 N–H and O–H groups in total. The van der Waals surface area contributed by atoms with Crippen molar-refractivity contribution in [3.63, 3.8) is 0 Å². The summed E-state index contributed by atoms with van der Waals surface area (Å²) in [6.45, 7) is 0. The molecule has 6 heteroatoms. The molecule has 0 aliphatic rings. The molecule has 0 aliphatic heterocycles. The molecule has 11 rings (SSSR count). The maximum Gasteiger partial charge on any atom is 0.165 e. The zero-order valence-electron chi connectivity index (χ0n) is 25.0. The van der Waals surface area contributed by atoms with Gasteiger partial charge in [-0.05, 0) is 78.9 Å². The Morgan fingerprint density at radius 1 is 0.383 bits per heavy atom. The second kappa shape index (κ2) is 9.02. The van der Waals surface area contributed by atoms with E-state index in [1.807, 2.05) is 30.6 Å². The fraction of sp³-hybridized carbons (Fsp3) is 0. The predicted molar refractivity (Wildman–Crippen MR) is 192 cm³/mol. The van der Waals surface area contributed by atoms with Crippen LogP contribution in [-0.4, -0.2) is 28.5 Å². The molecule has 0 amide bonds. The smallest absolute Gasteiger partial charge is 0.165 e. The first-order valence-electron chi connectivity index (χ1n) is 15.8. The number of hydrogen-bond donors (Lipinski definition) is 0. The molecule has 0 unspecified atom stereocenters. The van der Waals surface area contributed by atoms with Crippen LogP contribution in [0.3, 0.4) is 0 Å². The third kappa shape index (κ3) is 3.26. The summed E-state index contributed by atoms with van der Waals surface area (Å²) in [4.78, 5) is 14.8. The first-order valence-corrected chi connectivity index (χ1v) is 15.8. The van der Waals surface area contributed by atoms with Gasteiger partial charge in [0.2, 0.25) is 0 Å². The number of para-hydroxylation sites is 3. The van der Waals surface area contributed by atoms with E-state index in [1.165, 1.54) is 32.6 Å². The summed E-state index contributed by atoms with van der Waals surface area (Å²) in [5.74, 6) is 0. The molecular weight excluding hydrogens is 576 g/mol. The van der Waals surface area contributed by atoms with E-state index in [4.69, 9.17) is 15.0 Å². The highest BCUT2D eigenvalue weighted by Crippen LogP contribution is 2.42. The molecule has 6 nitrogen and oxygen atoms in total. The van der Waals surface area contributed by atoms with Gasteiger partial charge in [-0.25, -0.2) is 9.97 Å². The average Bonchev–Trinajstić information content (AvgIpc) is 3.78. The fourth-order valence-electron chi connectivity index (χ4n) is 7.72. The molecule has 5 aromatic carbocycles. The van der Waals surface area contributed by atoms with E-state index in [-0.39, 0.29) is 0 Å². The molecule has 218 valence electrons. The third-order valence-electron chi connectivity index (χ3n) is 9.67. The lowest BCUT2D eigenvalue weighted by Crippen LogP contribution is -1.96. The number of nitrogens with zero attached hydrogens (tertiary/aromatic N) is 6. The Bertz CT molecular complexity index is 3060. The van der Waals surface area contributed by atoms with Crippen LogP contribution in [0.4, 0.5) is 0 Å². The maximum absolute atomic E-state index is 5.14. The monoisotopic (exact) mass is 600 g/mol. The molecule has 0 saturated heterocycles. The first kappa shape index (κ1) is 24.8. The van der Waals surface area contributed by atoms with Crippen LogP contribution in [0.15, 0.2) is 146 Å². The normalized spacial score (nSPS) is 12.3. The van der Waals surface area contributed by atoms with Gasteiger partial charge < -0.3 is 9.13 Å². The predicted octanol–water partition coefficient (Wildman–Crippen LogP) is 9.78. The Balaban J connectivity index is 1.38. The van der Waals surface area contributed by atoms with E-state index in [0.29, 0.717) is 0 Å². The van der Waals surface area contributed by atoms with Crippen molar-refractivity contribution in [3.05, 3.63) is 146 Å². The molecule has 0 saturated carbocycles. The molecule has 0 spiro atoms. The van der Waals surface area contributed by atoms with Gasteiger partial charge in [0.25, 0.3) is 0 Å². The standard InChI is InChI=1S/C41H24N6/c1-3-11-25(12-4-1)45-34-17-8-7-15-27(34)28-21-29-30-22-32-31(23-36(30)46(38(29)24-37(28)45)26-13-5-2-6-14-26)39-35(18-10-19-42-39)47-40(32)44-33-16-9-20-43-41(33)47/h1-24H. The molecule has 0 bridgehead atoms. The SMILES string of the molecule is c1ccc(-n2c3ccccc3c3cc4c5cc6c(cc5n(-c5ccccc5)c4cc32)c2ncccc2n2c3ncccc3nc62)cc1. The highest BCUT2D eigenvalue weighted by atomic mass is 15.1. The fourth-order valence-corrected chi connectivity index (χ4v) is 7.72. The number of rotatable bonds is 2. The van der Waals surface area contributed by atoms with Crippen molar-refractivity contribution in [1.82, 2.24) is 28.5 Å². The Labute approximate surface area is 267 Å². The van der Waals surface area contributed by atoms with Crippen LogP contribution in [0.25, 0.3) is 93.6 Å². The van der Waals surface area contributed by atoms with E-state index in [1.54, 1.807) is 0 Å². The molecule has 6 heterocycles. The van der Waals surface area contributed by atoms with Crippen LogP contribution in [0.2, 0.25) is 0 Å². The lowest BCUT2D eigenvalue weighted by molar-refractivity contribution is 1.17. The van der Waals surface area contributed by atoms with Gasteiger partial charge in [0.05, 0.1) is 33.1 Å². The van der Waals surface area contributed by atoms with Crippen LogP contribution in [-0.2, 0) is 0 Å². The first-order chi connectivity index (χ1) is 23.3. The summed E-state index contributed by atoms with van der Waals surface area (Å²) in [7, 11) is 0. The van der Waals surface area contributed by atoms with Gasteiger partial charge in [-0.2, -0.15) is 0 Å². The minimum atomic E-state index is 0.838. The molecule has 0 atom stereocenters. The van der Waals surface area contributed by atoms with Crippen LogP contribution < -0.4 is 0 Å². The zero-order chi connectivity index (χ0) is 30.6. The Morgan fingerprint density at radius 3 is 1.77 bits per heavy atom. The van der Waals surface area contributed by atoms with Gasteiger partial charge >= 0.3 is 0 Å². The van der Waals surface area contributed by atoms with Crippen LogP contribution >= 0.6 is 0 Å². The van der Waals surface area contributed by atoms with Crippen molar-refractivity contribution < 1.29 is 0 Å². The Kier molecular flexibility index (Phi) is 4.75. The average molecular weight is 601 g/mol. The molecule has 0 fully saturated rings. The van der Waals surface area contributed by atoms with Crippen molar-refractivity contribution in [2.45, 2.75) is 0 Å². The number of pyridine rings is 3. The number of hydrogen-bond acceptors (Lipinski definition) is 3. The van der Waals surface area contributed by atoms with E-state index in [9.17, 15) is 0 Å². The number of aromatic nitrogens is 6. The summed E-state index contributed by atoms with van der Waals surface area (Å²) in [6.07, 6.45) is 3.70. The second-order valence-electron chi connectivity index (χ2n) is 12.1. The molecule has 0 aliphatic carbocycles. The van der Waals surface area contributed by atoms with Crippen molar-refractivity contribution >= 4 is 82.2 Å². The van der Waals surface area contributed by atoms with Gasteiger partial charge in [0.15, 0.2) is 5.65 Å². The van der Waals surface area contributed by atoms with Gasteiger partial charge in [-0.15, -0.1) is 0 Å². The van der Waals surface area contributed by atoms with Crippen molar-refractivity contribution in [2.75, 3.05) is 0 Å². The van der Waals surface area contributed by atoms with Crippen molar-refractivity contribution in [3.8, 4) is 11.4 Å². The summed E-state index contributed by atoms with van der Waals surface area (Å²) < 4.78 is 6.95. The van der Waals surface area contributed by atoms with E-state index in [0.717, 1.165) is 61.0 Å². The summed E-state index contributed by atoms with van der Waals surface area (Å²) in [5.41, 5.74) is 11.4. The molecular formula is C41H24N6. The Morgan fingerprint density at radius 2 is 0.979 bits per heavy atom. The number of imidazole rings is 1.